The smallest absolute Gasteiger partial charge is 0.161 e. The van der Waals surface area contributed by atoms with Crippen LogP contribution in [0.25, 0.3) is 0 Å². The lowest BCUT2D eigenvalue weighted by molar-refractivity contribution is 0.0253. The third-order valence-corrected chi connectivity index (χ3v) is 4.36. The Morgan fingerprint density at radius 1 is 0.375 bits per heavy atom. The topological polar surface area (TPSA) is 73.8 Å². The quantitative estimate of drug-likeness (QED) is 0.609. The standard InChI is InChI=1S/C24H32O8/c1-2-7-24-23(6-1)31-18-14-27-10-8-25-12-16-29-21-4-3-5-22(20-21)30-17-13-26-9-11-28-15-19-32-24/h1-7,20H,8-19H2. The minimum Gasteiger partial charge on any atom is -0.491 e. The van der Waals surface area contributed by atoms with Crippen molar-refractivity contribution in [3.05, 3.63) is 48.5 Å². The van der Waals surface area contributed by atoms with Crippen molar-refractivity contribution in [2.24, 2.45) is 0 Å². The molecule has 2 aromatic rings. The van der Waals surface area contributed by atoms with Crippen molar-refractivity contribution in [3.63, 3.8) is 0 Å². The van der Waals surface area contributed by atoms with E-state index in [0.717, 1.165) is 11.5 Å². The molecule has 1 heterocycles. The molecule has 0 fully saturated rings. The monoisotopic (exact) mass is 448 g/mol. The van der Waals surface area contributed by atoms with Gasteiger partial charge in [-0.05, 0) is 24.3 Å². The fourth-order valence-electron chi connectivity index (χ4n) is 2.84. The first-order valence-electron chi connectivity index (χ1n) is 10.9. The minimum atomic E-state index is 0.426. The van der Waals surface area contributed by atoms with E-state index in [-0.39, 0.29) is 0 Å². The fourth-order valence-corrected chi connectivity index (χ4v) is 2.84. The van der Waals surface area contributed by atoms with Crippen LogP contribution in [0.15, 0.2) is 48.5 Å². The predicted molar refractivity (Wildman–Crippen MR) is 118 cm³/mol. The van der Waals surface area contributed by atoms with Crippen molar-refractivity contribution in [1.29, 1.82) is 0 Å². The zero-order valence-electron chi connectivity index (χ0n) is 18.4. The number of hydrogen-bond acceptors (Lipinski definition) is 8. The molecule has 0 saturated carbocycles. The molecular weight excluding hydrogens is 416 g/mol. The highest BCUT2D eigenvalue weighted by atomic mass is 16.6. The fraction of sp³-hybridized carbons (Fsp3) is 0.500. The van der Waals surface area contributed by atoms with Gasteiger partial charge in [0.25, 0.3) is 0 Å². The van der Waals surface area contributed by atoms with E-state index in [0.29, 0.717) is 90.8 Å². The van der Waals surface area contributed by atoms with E-state index in [1.54, 1.807) is 0 Å². The molecule has 1 aliphatic rings. The molecule has 0 N–H and O–H groups in total. The van der Waals surface area contributed by atoms with Gasteiger partial charge < -0.3 is 37.9 Å². The minimum absolute atomic E-state index is 0.426. The third kappa shape index (κ3) is 9.74. The number of fused-ring (bicyclic) bond motifs is 3. The van der Waals surface area contributed by atoms with E-state index < -0.39 is 0 Å². The van der Waals surface area contributed by atoms with Crippen LogP contribution in [0, 0.1) is 0 Å². The Morgan fingerprint density at radius 3 is 1.19 bits per heavy atom. The van der Waals surface area contributed by atoms with E-state index in [2.05, 4.69) is 0 Å². The molecule has 0 spiro atoms. The summed E-state index contributed by atoms with van der Waals surface area (Å²) in [5.41, 5.74) is 0. The first kappa shape index (κ1) is 24.1. The summed E-state index contributed by atoms with van der Waals surface area (Å²) < 4.78 is 45.1. The Kier molecular flexibility index (Phi) is 11.5. The van der Waals surface area contributed by atoms with Gasteiger partial charge in [0.05, 0.1) is 52.9 Å². The van der Waals surface area contributed by atoms with Crippen LogP contribution in [0.1, 0.15) is 0 Å². The Bertz CT molecular complexity index is 696. The van der Waals surface area contributed by atoms with Crippen LogP contribution in [-0.2, 0) is 18.9 Å². The van der Waals surface area contributed by atoms with Gasteiger partial charge in [-0.2, -0.15) is 0 Å². The van der Waals surface area contributed by atoms with Gasteiger partial charge >= 0.3 is 0 Å². The summed E-state index contributed by atoms with van der Waals surface area (Å²) in [7, 11) is 0. The van der Waals surface area contributed by atoms with Crippen molar-refractivity contribution >= 4 is 0 Å². The highest BCUT2D eigenvalue weighted by Crippen LogP contribution is 2.26. The second-order valence-corrected chi connectivity index (χ2v) is 6.76. The van der Waals surface area contributed by atoms with Crippen LogP contribution < -0.4 is 18.9 Å². The molecule has 0 radical (unpaired) electrons. The SMILES string of the molecule is c1cc2cc(c1)OCCOCCOCCOc1ccccc1OCCOCCOCCO2. The van der Waals surface area contributed by atoms with Crippen molar-refractivity contribution in [3.8, 4) is 23.0 Å². The van der Waals surface area contributed by atoms with Gasteiger partial charge in [0.15, 0.2) is 11.5 Å². The highest BCUT2D eigenvalue weighted by molar-refractivity contribution is 5.39. The second kappa shape index (κ2) is 15.3. The molecule has 0 saturated heterocycles. The maximum Gasteiger partial charge on any atom is 0.161 e. The van der Waals surface area contributed by atoms with Crippen LogP contribution in [-0.4, -0.2) is 79.3 Å². The molecule has 8 nitrogen and oxygen atoms in total. The lowest BCUT2D eigenvalue weighted by Crippen LogP contribution is -2.14. The van der Waals surface area contributed by atoms with E-state index >= 15 is 0 Å². The summed E-state index contributed by atoms with van der Waals surface area (Å²) in [6.45, 7) is 5.60. The Morgan fingerprint density at radius 2 is 0.750 bits per heavy atom. The van der Waals surface area contributed by atoms with E-state index in [4.69, 9.17) is 37.9 Å². The van der Waals surface area contributed by atoms with Crippen LogP contribution in [0.2, 0.25) is 0 Å². The van der Waals surface area contributed by atoms with Crippen molar-refractivity contribution in [2.75, 3.05) is 79.3 Å². The Hall–Kier alpha value is -2.52. The van der Waals surface area contributed by atoms with Gasteiger partial charge in [-0.1, -0.05) is 18.2 Å². The molecule has 2 bridgehead atoms. The van der Waals surface area contributed by atoms with Crippen molar-refractivity contribution in [1.82, 2.24) is 0 Å². The molecule has 176 valence electrons. The molecule has 0 aromatic heterocycles. The molecule has 0 amide bonds. The van der Waals surface area contributed by atoms with Crippen LogP contribution in [0.5, 0.6) is 23.0 Å². The average molecular weight is 449 g/mol. The molecule has 2 aromatic carbocycles. The number of hydrogen-bond donors (Lipinski definition) is 0. The molecular formula is C24H32O8. The molecule has 3 rings (SSSR count). The normalized spacial score (nSPS) is 18.2. The molecule has 8 heteroatoms. The van der Waals surface area contributed by atoms with Crippen LogP contribution >= 0.6 is 0 Å². The predicted octanol–water partition coefficient (Wildman–Crippen LogP) is 2.98. The zero-order valence-corrected chi connectivity index (χ0v) is 18.4. The third-order valence-electron chi connectivity index (χ3n) is 4.36. The van der Waals surface area contributed by atoms with Crippen molar-refractivity contribution < 1.29 is 37.9 Å². The highest BCUT2D eigenvalue weighted by Gasteiger charge is 2.05. The summed E-state index contributed by atoms with van der Waals surface area (Å²) in [6.07, 6.45) is 0. The summed E-state index contributed by atoms with van der Waals surface area (Å²) in [5, 5.41) is 0. The van der Waals surface area contributed by atoms with E-state index in [1.165, 1.54) is 0 Å². The summed E-state index contributed by atoms with van der Waals surface area (Å²) in [4.78, 5) is 0. The van der Waals surface area contributed by atoms with Gasteiger partial charge in [-0.3, -0.25) is 0 Å². The lowest BCUT2D eigenvalue weighted by Gasteiger charge is -2.13. The maximum atomic E-state index is 5.78. The molecule has 32 heavy (non-hydrogen) atoms. The van der Waals surface area contributed by atoms with E-state index in [9.17, 15) is 0 Å². The van der Waals surface area contributed by atoms with Gasteiger partial charge in [-0.15, -0.1) is 0 Å². The number of rotatable bonds is 0. The summed E-state index contributed by atoms with van der Waals surface area (Å²) in [5.74, 6) is 2.84. The number of ether oxygens (including phenoxy) is 8. The first-order valence-corrected chi connectivity index (χ1v) is 10.9. The number of para-hydroxylation sites is 2. The van der Waals surface area contributed by atoms with Crippen LogP contribution in [0.3, 0.4) is 0 Å². The van der Waals surface area contributed by atoms with Crippen LogP contribution in [0.4, 0.5) is 0 Å². The molecule has 0 unspecified atom stereocenters. The van der Waals surface area contributed by atoms with Gasteiger partial charge in [0.2, 0.25) is 0 Å². The largest absolute Gasteiger partial charge is 0.491 e. The van der Waals surface area contributed by atoms with E-state index in [1.807, 2.05) is 48.5 Å². The second-order valence-electron chi connectivity index (χ2n) is 6.76. The van der Waals surface area contributed by atoms with Gasteiger partial charge in [0.1, 0.15) is 37.9 Å². The zero-order chi connectivity index (χ0) is 22.1. The first-order chi connectivity index (χ1) is 15.9. The molecule has 1 aliphatic heterocycles. The molecule has 0 atom stereocenters. The Balaban J connectivity index is 1.43. The number of benzene rings is 2. The average Bonchev–Trinajstić information content (AvgIpc) is 2.82. The summed E-state index contributed by atoms with van der Waals surface area (Å²) in [6, 6.07) is 15.1. The van der Waals surface area contributed by atoms with Gasteiger partial charge in [-0.25, -0.2) is 0 Å². The summed E-state index contributed by atoms with van der Waals surface area (Å²) >= 11 is 0. The lowest BCUT2D eigenvalue weighted by atomic mass is 10.3. The van der Waals surface area contributed by atoms with Gasteiger partial charge in [0, 0.05) is 6.07 Å². The van der Waals surface area contributed by atoms with Crippen molar-refractivity contribution in [2.45, 2.75) is 0 Å². The Labute approximate surface area is 189 Å². The molecule has 0 aliphatic carbocycles. The maximum absolute atomic E-state index is 5.78.